The maximum Gasteiger partial charge on any atom is 0.220 e. The van der Waals surface area contributed by atoms with Gasteiger partial charge < -0.3 is 11.1 Å². The van der Waals surface area contributed by atoms with Crippen molar-refractivity contribution in [3.63, 3.8) is 0 Å². The average molecular weight is 382 g/mol. The summed E-state index contributed by atoms with van der Waals surface area (Å²) >= 11 is 9.42. The Labute approximate surface area is 139 Å². The smallest absolute Gasteiger partial charge is 0.220 e. The first-order valence-corrected chi connectivity index (χ1v) is 7.70. The second-order valence-corrected chi connectivity index (χ2v) is 6.27. The number of carbonyl (C=O) groups is 1. The average Bonchev–Trinajstić information content (AvgIpc) is 3.21. The highest BCUT2D eigenvalue weighted by Crippen LogP contribution is 2.32. The molecule has 6 heteroatoms. The minimum absolute atomic E-state index is 0. The van der Waals surface area contributed by atoms with Gasteiger partial charge in [0, 0.05) is 28.5 Å². The summed E-state index contributed by atoms with van der Waals surface area (Å²) in [6, 6.07) is 5.77. The van der Waals surface area contributed by atoms with Gasteiger partial charge in [-0.3, -0.25) is 4.79 Å². The Hall–Kier alpha value is -0.290. The van der Waals surface area contributed by atoms with Crippen molar-refractivity contribution in [3.05, 3.63) is 33.3 Å². The zero-order valence-corrected chi connectivity index (χ0v) is 14.2. The molecule has 2 rings (SSSR count). The highest BCUT2D eigenvalue weighted by Gasteiger charge is 2.31. The Balaban J connectivity index is 0.00000200. The van der Waals surface area contributed by atoms with E-state index in [1.807, 2.05) is 18.2 Å². The lowest BCUT2D eigenvalue weighted by atomic mass is 10.1. The molecule has 0 saturated heterocycles. The van der Waals surface area contributed by atoms with E-state index >= 15 is 0 Å². The summed E-state index contributed by atoms with van der Waals surface area (Å²) in [6.45, 7) is 0.525. The van der Waals surface area contributed by atoms with Crippen LogP contribution in [0.1, 0.15) is 24.8 Å². The van der Waals surface area contributed by atoms with Crippen LogP contribution in [0.5, 0.6) is 0 Å². The molecule has 20 heavy (non-hydrogen) atoms. The summed E-state index contributed by atoms with van der Waals surface area (Å²) in [5.74, 6) is 0.654. The quantitative estimate of drug-likeness (QED) is 0.794. The molecule has 1 atom stereocenters. The number of carbonyl (C=O) groups excluding carboxylic acids is 1. The molecule has 3 nitrogen and oxygen atoms in total. The van der Waals surface area contributed by atoms with E-state index in [0.717, 1.165) is 10.0 Å². The standard InChI is InChI=1S/C14H18BrClN2O.ClH/c15-12-5-4-11(16)7-10(12)3-6-14(19)18-13(8-17)9-1-2-9;/h4-5,7,9,13H,1-3,6,8,17H2,(H,18,19);1H. The maximum absolute atomic E-state index is 11.9. The van der Waals surface area contributed by atoms with E-state index in [2.05, 4.69) is 21.2 Å². The second kappa shape index (κ2) is 8.23. The SMILES string of the molecule is Cl.NCC(NC(=O)CCc1cc(Cl)ccc1Br)C1CC1. The Morgan fingerprint density at radius 3 is 2.80 bits per heavy atom. The van der Waals surface area contributed by atoms with Crippen LogP contribution in [0.25, 0.3) is 0 Å². The molecule has 1 fully saturated rings. The van der Waals surface area contributed by atoms with Crippen molar-refractivity contribution in [3.8, 4) is 0 Å². The van der Waals surface area contributed by atoms with Gasteiger partial charge in [0.15, 0.2) is 0 Å². The number of rotatable bonds is 6. The minimum atomic E-state index is 0. The van der Waals surface area contributed by atoms with Crippen LogP contribution in [0, 0.1) is 5.92 Å². The predicted octanol–water partition coefficient (Wildman–Crippen LogP) is 3.31. The lowest BCUT2D eigenvalue weighted by molar-refractivity contribution is -0.121. The molecule has 0 aliphatic heterocycles. The van der Waals surface area contributed by atoms with E-state index in [1.54, 1.807) is 0 Å². The molecule has 1 unspecified atom stereocenters. The van der Waals surface area contributed by atoms with Crippen molar-refractivity contribution in [2.75, 3.05) is 6.54 Å². The molecule has 0 aromatic heterocycles. The van der Waals surface area contributed by atoms with Crippen molar-refractivity contribution in [1.29, 1.82) is 0 Å². The zero-order valence-electron chi connectivity index (χ0n) is 11.1. The van der Waals surface area contributed by atoms with Crippen molar-refractivity contribution in [1.82, 2.24) is 5.32 Å². The number of amides is 1. The van der Waals surface area contributed by atoms with Gasteiger partial charge in [0.2, 0.25) is 5.91 Å². The van der Waals surface area contributed by atoms with Crippen LogP contribution < -0.4 is 11.1 Å². The van der Waals surface area contributed by atoms with Crippen molar-refractivity contribution in [2.24, 2.45) is 11.7 Å². The third-order valence-corrected chi connectivity index (χ3v) is 4.43. The highest BCUT2D eigenvalue weighted by molar-refractivity contribution is 9.10. The monoisotopic (exact) mass is 380 g/mol. The molecular weight excluding hydrogens is 363 g/mol. The van der Waals surface area contributed by atoms with Crippen molar-refractivity contribution >= 4 is 45.8 Å². The van der Waals surface area contributed by atoms with Crippen LogP contribution >= 0.6 is 39.9 Å². The largest absolute Gasteiger partial charge is 0.352 e. The molecule has 3 N–H and O–H groups in total. The number of halogens is 3. The fourth-order valence-electron chi connectivity index (χ4n) is 2.13. The lowest BCUT2D eigenvalue weighted by Gasteiger charge is -2.16. The molecular formula is C14H19BrCl2N2O. The molecule has 1 aliphatic rings. The van der Waals surface area contributed by atoms with Crippen LogP contribution in [-0.2, 0) is 11.2 Å². The summed E-state index contributed by atoms with van der Waals surface area (Å²) in [6.07, 6.45) is 3.50. The summed E-state index contributed by atoms with van der Waals surface area (Å²) in [7, 11) is 0. The molecule has 1 aromatic carbocycles. The first-order valence-electron chi connectivity index (χ1n) is 6.53. The first-order chi connectivity index (χ1) is 9.10. The van der Waals surface area contributed by atoms with Gasteiger partial charge in [0.05, 0.1) is 0 Å². The Kier molecular flexibility index (Phi) is 7.30. The molecule has 1 amide bonds. The molecule has 0 heterocycles. The van der Waals surface area contributed by atoms with E-state index in [1.165, 1.54) is 12.8 Å². The van der Waals surface area contributed by atoms with Crippen LogP contribution in [0.3, 0.4) is 0 Å². The number of hydrogen-bond acceptors (Lipinski definition) is 2. The fourth-order valence-corrected chi connectivity index (χ4v) is 2.77. The van der Waals surface area contributed by atoms with E-state index in [4.69, 9.17) is 17.3 Å². The van der Waals surface area contributed by atoms with Crippen LogP contribution in [0.15, 0.2) is 22.7 Å². The second-order valence-electron chi connectivity index (χ2n) is 4.98. The Bertz CT molecular complexity index is 466. The van der Waals surface area contributed by atoms with Crippen LogP contribution in [-0.4, -0.2) is 18.5 Å². The van der Waals surface area contributed by atoms with E-state index in [9.17, 15) is 4.79 Å². The van der Waals surface area contributed by atoms with Crippen molar-refractivity contribution in [2.45, 2.75) is 31.7 Å². The topological polar surface area (TPSA) is 55.1 Å². The number of hydrogen-bond donors (Lipinski definition) is 2. The Morgan fingerprint density at radius 1 is 1.50 bits per heavy atom. The fraction of sp³-hybridized carbons (Fsp3) is 0.500. The molecule has 1 aliphatic carbocycles. The predicted molar refractivity (Wildman–Crippen MR) is 88.4 cm³/mol. The number of nitrogens with one attached hydrogen (secondary N) is 1. The third-order valence-electron chi connectivity index (χ3n) is 3.42. The zero-order chi connectivity index (χ0) is 13.8. The number of aryl methyl sites for hydroxylation is 1. The van der Waals surface area contributed by atoms with Gasteiger partial charge in [0.1, 0.15) is 0 Å². The van der Waals surface area contributed by atoms with Crippen LogP contribution in [0.4, 0.5) is 0 Å². The maximum atomic E-state index is 11.9. The van der Waals surface area contributed by atoms with Gasteiger partial charge in [-0.2, -0.15) is 0 Å². The summed E-state index contributed by atoms with van der Waals surface area (Å²) in [5, 5.41) is 3.71. The summed E-state index contributed by atoms with van der Waals surface area (Å²) < 4.78 is 0.988. The van der Waals surface area contributed by atoms with Gasteiger partial charge in [-0.25, -0.2) is 0 Å². The minimum Gasteiger partial charge on any atom is -0.352 e. The van der Waals surface area contributed by atoms with Gasteiger partial charge in [-0.1, -0.05) is 27.5 Å². The number of benzene rings is 1. The molecule has 0 radical (unpaired) electrons. The van der Waals surface area contributed by atoms with Gasteiger partial charge in [-0.05, 0) is 48.9 Å². The molecule has 112 valence electrons. The molecule has 1 aromatic rings. The van der Waals surface area contributed by atoms with Gasteiger partial charge in [-0.15, -0.1) is 12.4 Å². The normalized spacial score (nSPS) is 15.3. The van der Waals surface area contributed by atoms with Gasteiger partial charge >= 0.3 is 0 Å². The highest BCUT2D eigenvalue weighted by atomic mass is 79.9. The third kappa shape index (κ3) is 5.24. The summed E-state index contributed by atoms with van der Waals surface area (Å²) in [5.41, 5.74) is 6.73. The van der Waals surface area contributed by atoms with E-state index in [-0.39, 0.29) is 24.4 Å². The molecule has 0 bridgehead atoms. The summed E-state index contributed by atoms with van der Waals surface area (Å²) in [4.78, 5) is 11.9. The Morgan fingerprint density at radius 2 is 2.20 bits per heavy atom. The lowest BCUT2D eigenvalue weighted by Crippen LogP contribution is -2.41. The van der Waals surface area contributed by atoms with Gasteiger partial charge in [0.25, 0.3) is 0 Å². The first kappa shape index (κ1) is 17.8. The molecule has 0 spiro atoms. The van der Waals surface area contributed by atoms with Crippen LogP contribution in [0.2, 0.25) is 5.02 Å². The van der Waals surface area contributed by atoms with E-state index < -0.39 is 0 Å². The van der Waals surface area contributed by atoms with E-state index in [0.29, 0.717) is 30.3 Å². The van der Waals surface area contributed by atoms with Crippen molar-refractivity contribution < 1.29 is 4.79 Å². The number of nitrogens with two attached hydrogens (primary N) is 1. The molecule has 1 saturated carbocycles.